The van der Waals surface area contributed by atoms with Gasteiger partial charge < -0.3 is 15.1 Å². The number of nitrogens with one attached hydrogen (secondary N) is 1. The summed E-state index contributed by atoms with van der Waals surface area (Å²) in [5, 5.41) is 2.95. The van der Waals surface area contributed by atoms with Crippen LogP contribution in [0.4, 0.5) is 10.5 Å². The molecule has 0 aromatic heterocycles. The van der Waals surface area contributed by atoms with Crippen LogP contribution < -0.4 is 5.32 Å². The van der Waals surface area contributed by atoms with Gasteiger partial charge in [0.25, 0.3) is 0 Å². The highest BCUT2D eigenvalue weighted by atomic mass is 16.2. The first-order chi connectivity index (χ1) is 17.7. The molecule has 0 bridgehead atoms. The molecule has 2 fully saturated rings. The molecule has 3 aromatic carbocycles. The number of hydrogen-bond acceptors (Lipinski definition) is 3. The van der Waals surface area contributed by atoms with Gasteiger partial charge in [0.2, 0.25) is 5.91 Å². The second-order valence-electron chi connectivity index (χ2n) is 9.64. The van der Waals surface area contributed by atoms with Crippen molar-refractivity contribution in [3.05, 3.63) is 102 Å². The van der Waals surface area contributed by atoms with Crippen molar-refractivity contribution in [2.45, 2.75) is 18.9 Å². The van der Waals surface area contributed by atoms with Gasteiger partial charge in [-0.2, -0.15) is 0 Å². The molecule has 3 amide bonds. The van der Waals surface area contributed by atoms with Crippen LogP contribution in [0.3, 0.4) is 0 Å². The van der Waals surface area contributed by atoms with Crippen molar-refractivity contribution >= 4 is 17.6 Å². The Kier molecular flexibility index (Phi) is 7.62. The van der Waals surface area contributed by atoms with E-state index in [1.165, 1.54) is 11.1 Å². The van der Waals surface area contributed by atoms with Crippen LogP contribution in [0, 0.1) is 5.92 Å². The van der Waals surface area contributed by atoms with E-state index in [9.17, 15) is 9.59 Å². The van der Waals surface area contributed by atoms with Crippen molar-refractivity contribution in [2.75, 3.05) is 44.6 Å². The Bertz CT molecular complexity index is 1080. The second-order valence-corrected chi connectivity index (χ2v) is 9.64. The standard InChI is InChI=1S/C30H34N4O2/c35-29(26-16-18-34(19-17-26)30(36)31-27-14-8-3-9-15-27)33-22-20-32(21-23-33)28(24-10-4-1-5-11-24)25-12-6-2-7-13-25/h1-15,26,28H,16-23H2,(H,31,36). The van der Waals surface area contributed by atoms with Gasteiger partial charge in [0.1, 0.15) is 0 Å². The first kappa shape index (κ1) is 24.1. The third kappa shape index (κ3) is 5.60. The predicted octanol–water partition coefficient (Wildman–Crippen LogP) is 4.86. The van der Waals surface area contributed by atoms with E-state index in [1.54, 1.807) is 0 Å². The van der Waals surface area contributed by atoms with Gasteiger partial charge in [-0.1, -0.05) is 78.9 Å². The summed E-state index contributed by atoms with van der Waals surface area (Å²) < 4.78 is 0. The number of carbonyl (C=O) groups is 2. The summed E-state index contributed by atoms with van der Waals surface area (Å²) in [5.74, 6) is 0.241. The molecule has 1 N–H and O–H groups in total. The van der Waals surface area contributed by atoms with E-state index in [1.807, 2.05) is 40.1 Å². The van der Waals surface area contributed by atoms with E-state index in [0.717, 1.165) is 44.7 Å². The number of piperidine rings is 1. The van der Waals surface area contributed by atoms with Crippen LogP contribution >= 0.6 is 0 Å². The van der Waals surface area contributed by atoms with Crippen molar-refractivity contribution in [3.8, 4) is 0 Å². The average Bonchev–Trinajstić information content (AvgIpc) is 2.95. The van der Waals surface area contributed by atoms with Crippen molar-refractivity contribution < 1.29 is 9.59 Å². The fourth-order valence-corrected chi connectivity index (χ4v) is 5.40. The molecule has 0 saturated carbocycles. The number of rotatable bonds is 5. The van der Waals surface area contributed by atoms with E-state index in [-0.39, 0.29) is 23.9 Å². The van der Waals surface area contributed by atoms with Crippen molar-refractivity contribution in [2.24, 2.45) is 5.92 Å². The zero-order chi connectivity index (χ0) is 24.7. The van der Waals surface area contributed by atoms with E-state index in [4.69, 9.17) is 0 Å². The first-order valence-corrected chi connectivity index (χ1v) is 12.9. The molecular weight excluding hydrogens is 448 g/mol. The first-order valence-electron chi connectivity index (χ1n) is 12.9. The number of nitrogens with zero attached hydrogens (tertiary/aromatic N) is 3. The van der Waals surface area contributed by atoms with Gasteiger partial charge in [-0.3, -0.25) is 9.69 Å². The van der Waals surface area contributed by atoms with Crippen LogP contribution in [0.15, 0.2) is 91.0 Å². The molecule has 2 saturated heterocycles. The Balaban J connectivity index is 1.15. The third-order valence-electron chi connectivity index (χ3n) is 7.38. The van der Waals surface area contributed by atoms with E-state index in [0.29, 0.717) is 13.1 Å². The molecule has 0 aliphatic carbocycles. The van der Waals surface area contributed by atoms with Crippen LogP contribution in [0.5, 0.6) is 0 Å². The molecule has 2 aliphatic heterocycles. The number of benzene rings is 3. The SMILES string of the molecule is O=C(Nc1ccccc1)N1CCC(C(=O)N2CCN(C(c3ccccc3)c3ccccc3)CC2)CC1. The zero-order valence-electron chi connectivity index (χ0n) is 20.6. The van der Waals surface area contributed by atoms with Crippen LogP contribution in [0.25, 0.3) is 0 Å². The molecular formula is C30H34N4O2. The second kappa shape index (κ2) is 11.4. The Morgan fingerprint density at radius 3 is 1.67 bits per heavy atom. The van der Waals surface area contributed by atoms with Gasteiger partial charge in [0.15, 0.2) is 0 Å². The van der Waals surface area contributed by atoms with Gasteiger partial charge in [-0.05, 0) is 36.1 Å². The molecule has 6 heteroatoms. The van der Waals surface area contributed by atoms with E-state index >= 15 is 0 Å². The number of amides is 3. The summed E-state index contributed by atoms with van der Waals surface area (Å²) in [6.45, 7) is 4.39. The summed E-state index contributed by atoms with van der Waals surface area (Å²) in [4.78, 5) is 32.3. The van der Waals surface area contributed by atoms with Crippen LogP contribution in [0.1, 0.15) is 30.0 Å². The Morgan fingerprint density at radius 2 is 1.14 bits per heavy atom. The zero-order valence-corrected chi connectivity index (χ0v) is 20.6. The molecule has 0 atom stereocenters. The number of urea groups is 1. The molecule has 3 aromatic rings. The largest absolute Gasteiger partial charge is 0.340 e. The predicted molar refractivity (Wildman–Crippen MR) is 143 cm³/mol. The lowest BCUT2D eigenvalue weighted by Gasteiger charge is -2.41. The summed E-state index contributed by atoms with van der Waals surface area (Å²) in [6, 6.07) is 30.9. The van der Waals surface area contributed by atoms with Gasteiger partial charge in [0, 0.05) is 50.9 Å². The van der Waals surface area contributed by atoms with E-state index in [2.05, 4.69) is 70.9 Å². The normalized spacial score (nSPS) is 17.2. The quantitative estimate of drug-likeness (QED) is 0.565. The van der Waals surface area contributed by atoms with Crippen LogP contribution in [-0.4, -0.2) is 65.9 Å². The number of anilines is 1. The Morgan fingerprint density at radius 1 is 0.639 bits per heavy atom. The minimum atomic E-state index is -0.0893. The highest BCUT2D eigenvalue weighted by molar-refractivity contribution is 5.89. The fraction of sp³-hybridized carbons (Fsp3) is 0.333. The van der Waals surface area contributed by atoms with Gasteiger partial charge in [-0.15, -0.1) is 0 Å². The van der Waals surface area contributed by atoms with Gasteiger partial charge in [-0.25, -0.2) is 4.79 Å². The third-order valence-corrected chi connectivity index (χ3v) is 7.38. The molecule has 36 heavy (non-hydrogen) atoms. The van der Waals surface area contributed by atoms with Crippen molar-refractivity contribution in [1.29, 1.82) is 0 Å². The summed E-state index contributed by atoms with van der Waals surface area (Å²) in [7, 11) is 0. The van der Waals surface area contributed by atoms with E-state index < -0.39 is 0 Å². The fourth-order valence-electron chi connectivity index (χ4n) is 5.40. The summed E-state index contributed by atoms with van der Waals surface area (Å²) in [5.41, 5.74) is 3.36. The lowest BCUT2D eigenvalue weighted by molar-refractivity contribution is -0.138. The van der Waals surface area contributed by atoms with Gasteiger partial charge in [0.05, 0.1) is 6.04 Å². The molecule has 186 valence electrons. The Labute approximate surface area is 213 Å². The number of carbonyl (C=O) groups excluding carboxylic acids is 2. The smallest absolute Gasteiger partial charge is 0.321 e. The minimum absolute atomic E-state index is 0.00336. The molecule has 5 rings (SSSR count). The number of para-hydroxylation sites is 1. The van der Waals surface area contributed by atoms with Crippen molar-refractivity contribution in [1.82, 2.24) is 14.7 Å². The number of piperazine rings is 1. The molecule has 2 heterocycles. The lowest BCUT2D eigenvalue weighted by atomic mass is 9.94. The molecule has 0 radical (unpaired) electrons. The van der Waals surface area contributed by atoms with Crippen LogP contribution in [-0.2, 0) is 4.79 Å². The number of likely N-dealkylation sites (tertiary alicyclic amines) is 1. The molecule has 0 spiro atoms. The lowest BCUT2D eigenvalue weighted by Crippen LogP contribution is -2.52. The maximum absolute atomic E-state index is 13.3. The van der Waals surface area contributed by atoms with Gasteiger partial charge >= 0.3 is 6.03 Å². The Hall–Kier alpha value is -3.64. The topological polar surface area (TPSA) is 55.9 Å². The highest BCUT2D eigenvalue weighted by Gasteiger charge is 2.33. The summed E-state index contributed by atoms with van der Waals surface area (Å²) >= 11 is 0. The van der Waals surface area contributed by atoms with Crippen LogP contribution in [0.2, 0.25) is 0 Å². The molecule has 6 nitrogen and oxygen atoms in total. The maximum atomic E-state index is 13.3. The summed E-state index contributed by atoms with van der Waals surface area (Å²) in [6.07, 6.45) is 1.44. The molecule has 2 aliphatic rings. The molecule has 0 unspecified atom stereocenters. The maximum Gasteiger partial charge on any atom is 0.321 e. The van der Waals surface area contributed by atoms with Crippen molar-refractivity contribution in [3.63, 3.8) is 0 Å². The average molecular weight is 483 g/mol. The monoisotopic (exact) mass is 482 g/mol. The number of hydrogen-bond donors (Lipinski definition) is 1. The highest BCUT2D eigenvalue weighted by Crippen LogP contribution is 2.30. The minimum Gasteiger partial charge on any atom is -0.340 e.